The van der Waals surface area contributed by atoms with Crippen LogP contribution in [0.25, 0.3) is 0 Å². The predicted molar refractivity (Wildman–Crippen MR) is 182 cm³/mol. The summed E-state index contributed by atoms with van der Waals surface area (Å²) in [4.78, 5) is 10.9. The fourth-order valence-corrected chi connectivity index (χ4v) is 8.73. The predicted octanol–water partition coefficient (Wildman–Crippen LogP) is 6.48. The van der Waals surface area contributed by atoms with Crippen molar-refractivity contribution in [2.24, 2.45) is 5.92 Å². The molecule has 13 atom stereocenters. The smallest absolute Gasteiger partial charge is 0.143 e. The Labute approximate surface area is 282 Å². The van der Waals surface area contributed by atoms with E-state index in [0.717, 1.165) is 62.4 Å². The number of carbonyl (C=O) groups is 1. The van der Waals surface area contributed by atoms with Gasteiger partial charge in [-0.25, -0.2) is 0 Å². The number of aliphatic hydroxyl groups is 2. The first-order valence-corrected chi connectivity index (χ1v) is 18.0. The van der Waals surface area contributed by atoms with E-state index in [1.807, 2.05) is 26.8 Å². The summed E-state index contributed by atoms with van der Waals surface area (Å²) in [6, 6.07) is 0. The highest BCUT2D eigenvalue weighted by molar-refractivity contribution is 5.67. The van der Waals surface area contributed by atoms with Gasteiger partial charge < -0.3 is 33.9 Å². The van der Waals surface area contributed by atoms with Crippen LogP contribution in [0.1, 0.15) is 112 Å². The molecule has 0 radical (unpaired) electrons. The van der Waals surface area contributed by atoms with E-state index in [1.165, 1.54) is 0 Å². The second-order valence-corrected chi connectivity index (χ2v) is 15.8. The third kappa shape index (κ3) is 8.57. The molecule has 0 bridgehead atoms. The summed E-state index contributed by atoms with van der Waals surface area (Å²) < 4.78 is 34.2. The fourth-order valence-electron chi connectivity index (χ4n) is 8.73. The SMILES string of the molecule is C=C/C=C/CC[C@@H]1C[C@](C)(O)CC2OC3CC4OC5C[C@H](C)[C@H](CC/C=C(C)/C(C)=C/C=O)O[C@]5(C)C[C@H](O)C4O[C@]3(C)CCC2O1. The monoisotopic (exact) mass is 656 g/mol. The fraction of sp³-hybridized carbons (Fsp3) is 0.769. The lowest BCUT2D eigenvalue weighted by Crippen LogP contribution is -2.59. The lowest BCUT2D eigenvalue weighted by atomic mass is 9.79. The first-order chi connectivity index (χ1) is 22.3. The van der Waals surface area contributed by atoms with Crippen molar-refractivity contribution in [3.8, 4) is 0 Å². The van der Waals surface area contributed by atoms with Crippen molar-refractivity contribution in [1.29, 1.82) is 0 Å². The van der Waals surface area contributed by atoms with Crippen LogP contribution in [0.2, 0.25) is 0 Å². The molecule has 8 heteroatoms. The zero-order valence-corrected chi connectivity index (χ0v) is 29.6. The van der Waals surface area contributed by atoms with Crippen LogP contribution in [0.5, 0.6) is 0 Å². The molecule has 6 unspecified atom stereocenters. The summed E-state index contributed by atoms with van der Waals surface area (Å²) in [6.07, 6.45) is 16.0. The van der Waals surface area contributed by atoms with E-state index in [-0.39, 0.29) is 48.6 Å². The molecule has 0 aromatic heterocycles. The minimum absolute atomic E-state index is 0.0428. The van der Waals surface area contributed by atoms with Gasteiger partial charge in [-0.1, -0.05) is 43.4 Å². The Morgan fingerprint density at radius 2 is 1.64 bits per heavy atom. The zero-order valence-electron chi connectivity index (χ0n) is 29.6. The molecule has 0 aromatic carbocycles. The van der Waals surface area contributed by atoms with Crippen molar-refractivity contribution in [3.05, 3.63) is 48.1 Å². The van der Waals surface area contributed by atoms with Gasteiger partial charge in [-0.3, -0.25) is 4.79 Å². The van der Waals surface area contributed by atoms with Gasteiger partial charge in [0.05, 0.1) is 65.6 Å². The Morgan fingerprint density at radius 1 is 0.894 bits per heavy atom. The van der Waals surface area contributed by atoms with E-state index < -0.39 is 29.0 Å². The Balaban J connectivity index is 1.27. The lowest BCUT2D eigenvalue weighted by Gasteiger charge is -2.49. The number of hydrogen-bond acceptors (Lipinski definition) is 8. The van der Waals surface area contributed by atoms with Gasteiger partial charge >= 0.3 is 0 Å². The maximum absolute atomic E-state index is 11.7. The molecule has 0 spiro atoms. The minimum atomic E-state index is -0.895. The minimum Gasteiger partial charge on any atom is -0.390 e. The van der Waals surface area contributed by atoms with Gasteiger partial charge in [-0.2, -0.15) is 0 Å². The van der Waals surface area contributed by atoms with Crippen molar-refractivity contribution in [2.75, 3.05) is 0 Å². The van der Waals surface area contributed by atoms with Gasteiger partial charge in [-0.05, 0) is 97.1 Å². The number of aliphatic hydroxyl groups excluding tert-OH is 1. The second kappa shape index (κ2) is 15.1. The van der Waals surface area contributed by atoms with Crippen LogP contribution < -0.4 is 0 Å². The highest BCUT2D eigenvalue weighted by Gasteiger charge is 2.58. The maximum atomic E-state index is 11.7. The highest BCUT2D eigenvalue weighted by atomic mass is 16.6. The van der Waals surface area contributed by atoms with Gasteiger partial charge in [0, 0.05) is 25.7 Å². The van der Waals surface area contributed by atoms with E-state index in [4.69, 9.17) is 23.7 Å². The summed E-state index contributed by atoms with van der Waals surface area (Å²) in [6.45, 7) is 16.1. The molecule has 5 fully saturated rings. The van der Waals surface area contributed by atoms with Crippen LogP contribution >= 0.6 is 0 Å². The molecule has 5 aliphatic heterocycles. The van der Waals surface area contributed by atoms with Crippen molar-refractivity contribution in [3.63, 3.8) is 0 Å². The average molecular weight is 657 g/mol. The molecule has 0 amide bonds. The highest BCUT2D eigenvalue weighted by Crippen LogP contribution is 2.49. The van der Waals surface area contributed by atoms with Crippen LogP contribution in [-0.2, 0) is 28.5 Å². The van der Waals surface area contributed by atoms with Crippen molar-refractivity contribution in [1.82, 2.24) is 0 Å². The van der Waals surface area contributed by atoms with Crippen LogP contribution in [0.3, 0.4) is 0 Å². The Hall–Kier alpha value is -1.65. The zero-order chi connectivity index (χ0) is 34.0. The van der Waals surface area contributed by atoms with E-state index >= 15 is 0 Å². The van der Waals surface area contributed by atoms with E-state index in [0.29, 0.717) is 25.7 Å². The molecule has 0 saturated carbocycles. The topological polar surface area (TPSA) is 104 Å². The standard InChI is InChI=1S/C39H60O8/c1-8-9-10-11-14-28-22-37(5,42)24-33-31(43-28)16-18-38(6)35(45-33)21-32-36(47-38)29(41)23-39(7)34(44-32)20-27(4)30(46-39)15-12-13-25(2)26(3)17-19-40/h8-10,13,17,19,27-36,41-42H,1,11-12,14-16,18,20-24H2,2-7H3/b10-9+,25-13+,26-17+/t27-,28+,29-,30-,31?,32?,33?,34?,35?,36?,37-,38+,39+/m0/s1. The van der Waals surface area contributed by atoms with E-state index in [2.05, 4.69) is 39.5 Å². The number of allylic oxidation sites excluding steroid dienone is 7. The molecular weight excluding hydrogens is 596 g/mol. The molecule has 5 rings (SSSR count). The number of ether oxygens (including phenoxy) is 5. The maximum Gasteiger partial charge on any atom is 0.143 e. The van der Waals surface area contributed by atoms with E-state index in [9.17, 15) is 15.0 Å². The van der Waals surface area contributed by atoms with Crippen molar-refractivity contribution in [2.45, 2.75) is 184 Å². The average Bonchev–Trinajstić information content (AvgIpc) is 3.25. The van der Waals surface area contributed by atoms with Crippen LogP contribution in [-0.4, -0.2) is 88.2 Å². The Morgan fingerprint density at radius 3 is 2.38 bits per heavy atom. The third-order valence-electron chi connectivity index (χ3n) is 11.7. The second-order valence-electron chi connectivity index (χ2n) is 15.8. The molecular formula is C39H60O8. The number of rotatable bonds is 9. The molecule has 5 heterocycles. The molecule has 8 nitrogen and oxygen atoms in total. The number of aldehydes is 1. The van der Waals surface area contributed by atoms with E-state index in [1.54, 1.807) is 12.2 Å². The molecule has 0 aliphatic carbocycles. The first-order valence-electron chi connectivity index (χ1n) is 18.0. The normalized spacial score (nSPS) is 46.2. The Bertz CT molecular complexity index is 1190. The summed E-state index contributed by atoms with van der Waals surface area (Å²) in [5.74, 6) is 0.289. The van der Waals surface area contributed by atoms with Gasteiger partial charge in [-0.15, -0.1) is 0 Å². The van der Waals surface area contributed by atoms with Gasteiger partial charge in [0.2, 0.25) is 0 Å². The molecule has 264 valence electrons. The molecule has 2 N–H and O–H groups in total. The summed E-state index contributed by atoms with van der Waals surface area (Å²) in [5, 5.41) is 23.1. The molecule has 5 saturated heterocycles. The summed E-state index contributed by atoms with van der Waals surface area (Å²) in [7, 11) is 0. The van der Waals surface area contributed by atoms with Gasteiger partial charge in [0.15, 0.2) is 0 Å². The van der Waals surface area contributed by atoms with Crippen molar-refractivity contribution < 1.29 is 38.7 Å². The largest absolute Gasteiger partial charge is 0.390 e. The summed E-state index contributed by atoms with van der Waals surface area (Å²) >= 11 is 0. The van der Waals surface area contributed by atoms with Crippen LogP contribution in [0.4, 0.5) is 0 Å². The van der Waals surface area contributed by atoms with Crippen molar-refractivity contribution >= 4 is 6.29 Å². The summed E-state index contributed by atoms with van der Waals surface area (Å²) in [5.41, 5.74) is -0.0575. The third-order valence-corrected chi connectivity index (χ3v) is 11.7. The number of fused-ring (bicyclic) bond motifs is 4. The quantitative estimate of drug-likeness (QED) is 0.165. The van der Waals surface area contributed by atoms with Crippen LogP contribution in [0, 0.1) is 5.92 Å². The Kier molecular flexibility index (Phi) is 11.7. The molecule has 0 aromatic rings. The first kappa shape index (κ1) is 36.6. The molecule has 5 aliphatic rings. The van der Waals surface area contributed by atoms with Gasteiger partial charge in [0.1, 0.15) is 12.4 Å². The molecule has 47 heavy (non-hydrogen) atoms. The lowest BCUT2D eigenvalue weighted by molar-refractivity contribution is -0.274. The number of carbonyl (C=O) groups excluding carboxylic acids is 1. The van der Waals surface area contributed by atoms with Gasteiger partial charge in [0.25, 0.3) is 0 Å². The number of hydrogen-bond donors (Lipinski definition) is 2. The van der Waals surface area contributed by atoms with Crippen LogP contribution in [0.15, 0.2) is 48.1 Å².